The highest BCUT2D eigenvalue weighted by atomic mass is 15.4. The molecule has 5 rings (SSSR count). The van der Waals surface area contributed by atoms with Crippen LogP contribution in [0.25, 0.3) is 22.6 Å². The summed E-state index contributed by atoms with van der Waals surface area (Å²) in [6, 6.07) is 15.9. The summed E-state index contributed by atoms with van der Waals surface area (Å²) in [6.07, 6.45) is 11.2. The second-order valence-electron chi connectivity index (χ2n) is 8.85. The minimum absolute atomic E-state index is 0.166. The number of hydrogen-bond donors (Lipinski definition) is 1. The molecule has 8 heteroatoms. The molecule has 1 fully saturated rings. The van der Waals surface area contributed by atoms with Crippen molar-refractivity contribution in [1.29, 1.82) is 0 Å². The van der Waals surface area contributed by atoms with Crippen LogP contribution in [-0.4, -0.2) is 47.9 Å². The fourth-order valence-corrected chi connectivity index (χ4v) is 4.48. The van der Waals surface area contributed by atoms with Crippen LogP contribution in [0, 0.1) is 12.3 Å². The van der Waals surface area contributed by atoms with Gasteiger partial charge in [0, 0.05) is 17.2 Å². The maximum Gasteiger partial charge on any atom is 0.221 e. The highest BCUT2D eigenvalue weighted by Crippen LogP contribution is 2.25. The number of nitrogens with two attached hydrogens (primary N) is 1. The molecule has 0 amide bonds. The van der Waals surface area contributed by atoms with Crippen molar-refractivity contribution < 1.29 is 0 Å². The van der Waals surface area contributed by atoms with Crippen LogP contribution in [0.1, 0.15) is 49.2 Å². The molecule has 1 unspecified atom stereocenters. The molecule has 35 heavy (non-hydrogen) atoms. The predicted molar refractivity (Wildman–Crippen MR) is 136 cm³/mol. The lowest BCUT2D eigenvalue weighted by Gasteiger charge is -2.32. The summed E-state index contributed by atoms with van der Waals surface area (Å²) in [6.45, 7) is 5.03. The normalized spacial score (nSPS) is 15.0. The van der Waals surface area contributed by atoms with Gasteiger partial charge in [-0.2, -0.15) is 0 Å². The number of pyridine rings is 1. The molecule has 0 bridgehead atoms. The molecule has 8 nitrogen and oxygen atoms in total. The number of aromatic nitrogens is 6. The van der Waals surface area contributed by atoms with Gasteiger partial charge in [-0.25, -0.2) is 14.6 Å². The Morgan fingerprint density at radius 3 is 2.60 bits per heavy atom. The van der Waals surface area contributed by atoms with Crippen molar-refractivity contribution in [1.82, 2.24) is 34.8 Å². The van der Waals surface area contributed by atoms with Gasteiger partial charge in [0.1, 0.15) is 5.69 Å². The Hall–Kier alpha value is -4.09. The molecule has 0 radical (unpaired) electrons. The van der Waals surface area contributed by atoms with Crippen LogP contribution in [-0.2, 0) is 6.54 Å². The fraction of sp³-hybridized carbons (Fsp3) is 0.296. The minimum Gasteiger partial charge on any atom is -0.368 e. The average molecular weight is 465 g/mol. The number of anilines is 1. The summed E-state index contributed by atoms with van der Waals surface area (Å²) in [5.41, 5.74) is 11.6. The van der Waals surface area contributed by atoms with Gasteiger partial charge >= 0.3 is 0 Å². The molecule has 0 aliphatic carbocycles. The Balaban J connectivity index is 1.35. The Bertz CT molecular complexity index is 1360. The molecular weight excluding hydrogens is 436 g/mol. The predicted octanol–water partition coefficient (Wildman–Crippen LogP) is 3.96. The molecule has 4 heterocycles. The number of terminal acetylenes is 1. The van der Waals surface area contributed by atoms with Crippen molar-refractivity contribution in [3.05, 3.63) is 71.7 Å². The molecule has 2 N–H and O–H groups in total. The summed E-state index contributed by atoms with van der Waals surface area (Å²) in [4.78, 5) is 16.2. The van der Waals surface area contributed by atoms with E-state index >= 15 is 0 Å². The van der Waals surface area contributed by atoms with Crippen molar-refractivity contribution in [2.75, 3.05) is 18.8 Å². The zero-order valence-electron chi connectivity index (χ0n) is 19.8. The average Bonchev–Trinajstić information content (AvgIpc) is 3.37. The van der Waals surface area contributed by atoms with E-state index in [1.165, 1.54) is 19.3 Å². The van der Waals surface area contributed by atoms with E-state index in [-0.39, 0.29) is 5.95 Å². The standard InChI is InChI=1S/C27H28N8/c1-3-20-9-7-10-21(15-20)24-16-25(31-27(28)30-24)26-18-35(33-32-26)17-22-11-8-12-23(29-22)19(2)34-13-5-4-6-14-34/h1,7-12,15-16,18-19H,4-6,13-14,17H2,2H3,(H2,28,30,31). The van der Waals surface area contributed by atoms with E-state index in [4.69, 9.17) is 17.1 Å². The highest BCUT2D eigenvalue weighted by Gasteiger charge is 2.19. The molecular formula is C27H28N8. The smallest absolute Gasteiger partial charge is 0.221 e. The van der Waals surface area contributed by atoms with E-state index in [1.807, 2.05) is 42.6 Å². The van der Waals surface area contributed by atoms with Crippen molar-refractivity contribution in [2.24, 2.45) is 0 Å². The number of nitrogens with zero attached hydrogens (tertiary/aromatic N) is 7. The van der Waals surface area contributed by atoms with Crippen LogP contribution >= 0.6 is 0 Å². The van der Waals surface area contributed by atoms with Crippen molar-refractivity contribution in [3.63, 3.8) is 0 Å². The molecule has 1 saturated heterocycles. The summed E-state index contributed by atoms with van der Waals surface area (Å²) in [5, 5.41) is 8.62. The van der Waals surface area contributed by atoms with Crippen LogP contribution < -0.4 is 5.73 Å². The summed E-state index contributed by atoms with van der Waals surface area (Å²) >= 11 is 0. The first kappa shape index (κ1) is 22.7. The fourth-order valence-electron chi connectivity index (χ4n) is 4.48. The minimum atomic E-state index is 0.166. The van der Waals surface area contributed by atoms with E-state index < -0.39 is 0 Å². The van der Waals surface area contributed by atoms with Crippen LogP contribution in [0.4, 0.5) is 5.95 Å². The maximum absolute atomic E-state index is 6.01. The van der Waals surface area contributed by atoms with E-state index in [0.29, 0.717) is 29.7 Å². The zero-order valence-corrected chi connectivity index (χ0v) is 19.8. The molecule has 4 aromatic rings. The first-order valence-corrected chi connectivity index (χ1v) is 11.9. The van der Waals surface area contributed by atoms with Gasteiger partial charge in [0.25, 0.3) is 0 Å². The number of hydrogen-bond acceptors (Lipinski definition) is 7. The number of nitrogen functional groups attached to an aromatic ring is 1. The van der Waals surface area contributed by atoms with Crippen LogP contribution in [0.15, 0.2) is 54.7 Å². The van der Waals surface area contributed by atoms with Gasteiger partial charge < -0.3 is 5.73 Å². The Morgan fingerprint density at radius 2 is 1.77 bits per heavy atom. The maximum atomic E-state index is 6.01. The van der Waals surface area contributed by atoms with E-state index in [2.05, 4.69) is 50.2 Å². The van der Waals surface area contributed by atoms with Gasteiger partial charge in [-0.3, -0.25) is 9.88 Å². The molecule has 1 aliphatic heterocycles. The van der Waals surface area contributed by atoms with Gasteiger partial charge in [0.2, 0.25) is 5.95 Å². The summed E-state index contributed by atoms with van der Waals surface area (Å²) < 4.78 is 1.77. The topological polar surface area (TPSA) is 98.6 Å². The van der Waals surface area contributed by atoms with Gasteiger partial charge in [-0.05, 0) is 63.2 Å². The highest BCUT2D eigenvalue weighted by molar-refractivity contribution is 5.68. The molecule has 1 aliphatic rings. The van der Waals surface area contributed by atoms with Crippen molar-refractivity contribution in [2.45, 2.75) is 38.8 Å². The van der Waals surface area contributed by atoms with E-state index in [0.717, 1.165) is 35.6 Å². The third-order valence-corrected chi connectivity index (χ3v) is 6.39. The van der Waals surface area contributed by atoms with E-state index in [9.17, 15) is 0 Å². The van der Waals surface area contributed by atoms with Crippen molar-refractivity contribution >= 4 is 5.95 Å². The molecule has 3 aromatic heterocycles. The third-order valence-electron chi connectivity index (χ3n) is 6.39. The van der Waals surface area contributed by atoms with E-state index in [1.54, 1.807) is 4.68 Å². The van der Waals surface area contributed by atoms with Crippen LogP contribution in [0.5, 0.6) is 0 Å². The largest absolute Gasteiger partial charge is 0.368 e. The lowest BCUT2D eigenvalue weighted by Crippen LogP contribution is -2.32. The van der Waals surface area contributed by atoms with Gasteiger partial charge in [0.05, 0.1) is 35.5 Å². The van der Waals surface area contributed by atoms with Gasteiger partial charge in [-0.15, -0.1) is 11.5 Å². The molecule has 0 saturated carbocycles. The molecule has 1 aromatic carbocycles. The molecule has 0 spiro atoms. The first-order chi connectivity index (χ1) is 17.1. The second kappa shape index (κ2) is 10.0. The third kappa shape index (κ3) is 5.20. The summed E-state index contributed by atoms with van der Waals surface area (Å²) in [7, 11) is 0. The Morgan fingerprint density at radius 1 is 0.971 bits per heavy atom. The van der Waals surface area contributed by atoms with Crippen molar-refractivity contribution in [3.8, 4) is 35.0 Å². The van der Waals surface area contributed by atoms with Crippen LogP contribution in [0.3, 0.4) is 0 Å². The first-order valence-electron chi connectivity index (χ1n) is 11.9. The molecule has 176 valence electrons. The number of likely N-dealkylation sites (tertiary alicyclic amines) is 1. The summed E-state index contributed by atoms with van der Waals surface area (Å²) in [5.74, 6) is 2.81. The van der Waals surface area contributed by atoms with Crippen LogP contribution in [0.2, 0.25) is 0 Å². The number of benzene rings is 1. The SMILES string of the molecule is C#Cc1cccc(-c2cc(-c3cn(Cc4cccc(C(C)N5CCCCC5)n4)nn3)nc(N)n2)c1. The lowest BCUT2D eigenvalue weighted by molar-refractivity contribution is 0.172. The number of rotatable bonds is 6. The monoisotopic (exact) mass is 464 g/mol. The Kier molecular flexibility index (Phi) is 6.51. The second-order valence-corrected chi connectivity index (χ2v) is 8.85. The zero-order chi connectivity index (χ0) is 24.2. The lowest BCUT2D eigenvalue weighted by atomic mass is 10.1. The van der Waals surface area contributed by atoms with Gasteiger partial charge in [-0.1, -0.05) is 35.8 Å². The quantitative estimate of drug-likeness (QED) is 0.431. The Labute approximate surface area is 205 Å². The number of piperidine rings is 1. The van der Waals surface area contributed by atoms with Gasteiger partial charge in [0.15, 0.2) is 0 Å². The molecule has 1 atom stereocenters.